The summed E-state index contributed by atoms with van der Waals surface area (Å²) >= 11 is 0. The van der Waals surface area contributed by atoms with Gasteiger partial charge in [0, 0.05) is 6.42 Å². The van der Waals surface area contributed by atoms with E-state index < -0.39 is 0 Å². The molecule has 0 bridgehead atoms. The van der Waals surface area contributed by atoms with Gasteiger partial charge in [-0.25, -0.2) is 4.99 Å². The van der Waals surface area contributed by atoms with Gasteiger partial charge in [-0.3, -0.25) is 4.79 Å². The highest BCUT2D eigenvalue weighted by molar-refractivity contribution is 5.88. The van der Waals surface area contributed by atoms with Crippen LogP contribution in [0.5, 0.6) is 0 Å². The number of hydrogen-bond donors (Lipinski definition) is 0. The third-order valence-corrected chi connectivity index (χ3v) is 1.91. The minimum Gasteiger partial charge on any atom is -0.468 e. The summed E-state index contributed by atoms with van der Waals surface area (Å²) in [6.45, 7) is 5.53. The molecule has 3 nitrogen and oxygen atoms in total. The highest BCUT2D eigenvalue weighted by atomic mass is 16.5. The molecular formula is C9H15NO2. The Kier molecular flexibility index (Phi) is 2.84. The van der Waals surface area contributed by atoms with Crippen LogP contribution in [0, 0.1) is 0 Å². The van der Waals surface area contributed by atoms with Gasteiger partial charge in [0.15, 0.2) is 17.8 Å². The molecule has 0 N–H and O–H groups in total. The second-order valence-corrected chi connectivity index (χ2v) is 3.16. The number of hydrogen-bond acceptors (Lipinski definition) is 3. The first-order chi connectivity index (χ1) is 5.65. The number of aliphatic imine (C=N–C) groups is 1. The topological polar surface area (TPSA) is 38.7 Å². The molecule has 12 heavy (non-hydrogen) atoms. The molecule has 68 valence electrons. The van der Waals surface area contributed by atoms with Crippen molar-refractivity contribution in [3.8, 4) is 0 Å². The van der Waals surface area contributed by atoms with Crippen LogP contribution in [0.3, 0.4) is 0 Å². The van der Waals surface area contributed by atoms with Gasteiger partial charge >= 0.3 is 0 Å². The number of carbonyl (C=O) groups is 1. The standard InChI is InChI=1S/C9H15NO2/c1-4-5-8-10-6(2)9(12-8)7(3)11/h6,9H,4-5H2,1-3H3. The van der Waals surface area contributed by atoms with Gasteiger partial charge in [-0.15, -0.1) is 0 Å². The zero-order valence-corrected chi connectivity index (χ0v) is 7.83. The van der Waals surface area contributed by atoms with Crippen LogP contribution in [0.1, 0.15) is 33.6 Å². The quantitative estimate of drug-likeness (QED) is 0.643. The summed E-state index contributed by atoms with van der Waals surface area (Å²) in [5.41, 5.74) is 0. The fourth-order valence-electron chi connectivity index (χ4n) is 1.33. The van der Waals surface area contributed by atoms with E-state index in [-0.39, 0.29) is 17.9 Å². The van der Waals surface area contributed by atoms with Crippen LogP contribution < -0.4 is 0 Å². The van der Waals surface area contributed by atoms with Gasteiger partial charge in [0.05, 0.1) is 6.04 Å². The molecule has 0 saturated carbocycles. The Bertz CT molecular complexity index is 211. The van der Waals surface area contributed by atoms with E-state index in [1.54, 1.807) is 6.92 Å². The lowest BCUT2D eigenvalue weighted by Crippen LogP contribution is -2.27. The smallest absolute Gasteiger partial charge is 0.184 e. The van der Waals surface area contributed by atoms with Gasteiger partial charge in [0.1, 0.15) is 0 Å². The van der Waals surface area contributed by atoms with Crippen LogP contribution in [0.15, 0.2) is 4.99 Å². The van der Waals surface area contributed by atoms with Gasteiger partial charge in [0.2, 0.25) is 0 Å². The molecule has 0 aromatic heterocycles. The van der Waals surface area contributed by atoms with Crippen molar-refractivity contribution in [1.29, 1.82) is 0 Å². The third kappa shape index (κ3) is 1.84. The maximum Gasteiger partial charge on any atom is 0.184 e. The highest BCUT2D eigenvalue weighted by Crippen LogP contribution is 2.16. The summed E-state index contributed by atoms with van der Waals surface area (Å²) in [5, 5.41) is 0. The van der Waals surface area contributed by atoms with Gasteiger partial charge in [-0.1, -0.05) is 6.92 Å². The van der Waals surface area contributed by atoms with E-state index >= 15 is 0 Å². The van der Waals surface area contributed by atoms with Crippen molar-refractivity contribution in [2.45, 2.75) is 45.8 Å². The molecule has 1 rings (SSSR count). The van der Waals surface area contributed by atoms with Crippen LogP contribution in [0.4, 0.5) is 0 Å². The monoisotopic (exact) mass is 169 g/mol. The first-order valence-corrected chi connectivity index (χ1v) is 4.39. The molecule has 0 aromatic carbocycles. The maximum atomic E-state index is 11.0. The predicted octanol–water partition coefficient (Wildman–Crippen LogP) is 1.56. The predicted molar refractivity (Wildman–Crippen MR) is 47.4 cm³/mol. The summed E-state index contributed by atoms with van der Waals surface area (Å²) in [6.07, 6.45) is 1.52. The van der Waals surface area contributed by atoms with Gasteiger partial charge < -0.3 is 4.74 Å². The zero-order chi connectivity index (χ0) is 9.14. The number of ketones is 1. The number of rotatable bonds is 3. The molecule has 2 atom stereocenters. The normalized spacial score (nSPS) is 28.1. The lowest BCUT2D eigenvalue weighted by molar-refractivity contribution is -0.124. The first-order valence-electron chi connectivity index (χ1n) is 4.39. The molecule has 2 unspecified atom stereocenters. The first kappa shape index (κ1) is 9.23. The van der Waals surface area contributed by atoms with Crippen LogP contribution in [0.2, 0.25) is 0 Å². The molecule has 0 amide bonds. The Morgan fingerprint density at radius 3 is 2.75 bits per heavy atom. The minimum atomic E-state index is -0.327. The Morgan fingerprint density at radius 1 is 1.67 bits per heavy atom. The average molecular weight is 169 g/mol. The molecule has 0 spiro atoms. The summed E-state index contributed by atoms with van der Waals surface area (Å²) in [5.74, 6) is 0.808. The molecule has 3 heteroatoms. The summed E-state index contributed by atoms with van der Waals surface area (Å²) in [6, 6.07) is 0.00375. The summed E-state index contributed by atoms with van der Waals surface area (Å²) in [4.78, 5) is 15.3. The largest absolute Gasteiger partial charge is 0.468 e. The molecule has 1 aliphatic rings. The van der Waals surface area contributed by atoms with Gasteiger partial charge in [0.25, 0.3) is 0 Å². The van der Waals surface area contributed by atoms with Crippen molar-refractivity contribution in [3.05, 3.63) is 0 Å². The second-order valence-electron chi connectivity index (χ2n) is 3.16. The SMILES string of the molecule is CCCC1=NC(C)C(C(C)=O)O1. The third-order valence-electron chi connectivity index (χ3n) is 1.91. The van der Waals surface area contributed by atoms with E-state index in [1.165, 1.54) is 0 Å². The zero-order valence-electron chi connectivity index (χ0n) is 7.83. The van der Waals surface area contributed by atoms with Crippen molar-refractivity contribution < 1.29 is 9.53 Å². The molecule has 1 heterocycles. The number of carbonyl (C=O) groups excluding carboxylic acids is 1. The molecule has 0 fully saturated rings. The van der Waals surface area contributed by atoms with Crippen molar-refractivity contribution in [1.82, 2.24) is 0 Å². The lowest BCUT2D eigenvalue weighted by Gasteiger charge is -2.09. The molecular weight excluding hydrogens is 154 g/mol. The number of nitrogens with zero attached hydrogens (tertiary/aromatic N) is 1. The number of Topliss-reactive ketones (excluding diaryl/α,β-unsaturated/α-hetero) is 1. The molecule has 0 saturated heterocycles. The number of ether oxygens (including phenoxy) is 1. The van der Waals surface area contributed by atoms with Crippen molar-refractivity contribution in [2.75, 3.05) is 0 Å². The molecule has 1 aliphatic heterocycles. The Labute approximate surface area is 72.8 Å². The second kappa shape index (κ2) is 3.70. The average Bonchev–Trinajstić information content (AvgIpc) is 2.32. The summed E-state index contributed by atoms with van der Waals surface area (Å²) < 4.78 is 5.38. The van der Waals surface area contributed by atoms with Crippen molar-refractivity contribution in [3.63, 3.8) is 0 Å². The van der Waals surface area contributed by atoms with Gasteiger partial charge in [-0.05, 0) is 20.3 Å². The lowest BCUT2D eigenvalue weighted by atomic mass is 10.1. The van der Waals surface area contributed by atoms with Crippen LogP contribution in [-0.2, 0) is 9.53 Å². The highest BCUT2D eigenvalue weighted by Gasteiger charge is 2.30. The molecule has 0 radical (unpaired) electrons. The minimum absolute atomic E-state index is 0.00375. The van der Waals surface area contributed by atoms with E-state index in [0.29, 0.717) is 0 Å². The Hall–Kier alpha value is -0.860. The fraction of sp³-hybridized carbons (Fsp3) is 0.778. The molecule has 0 aromatic rings. The van der Waals surface area contributed by atoms with E-state index in [9.17, 15) is 4.79 Å². The van der Waals surface area contributed by atoms with E-state index in [0.717, 1.165) is 18.7 Å². The van der Waals surface area contributed by atoms with E-state index in [4.69, 9.17) is 4.74 Å². The van der Waals surface area contributed by atoms with Crippen LogP contribution >= 0.6 is 0 Å². The molecule has 0 aliphatic carbocycles. The van der Waals surface area contributed by atoms with E-state index in [1.807, 2.05) is 6.92 Å². The Morgan fingerprint density at radius 2 is 2.33 bits per heavy atom. The summed E-state index contributed by atoms with van der Waals surface area (Å²) in [7, 11) is 0. The fourth-order valence-corrected chi connectivity index (χ4v) is 1.33. The van der Waals surface area contributed by atoms with Crippen LogP contribution in [0.25, 0.3) is 0 Å². The Balaban J connectivity index is 2.54. The van der Waals surface area contributed by atoms with Gasteiger partial charge in [-0.2, -0.15) is 0 Å². The van der Waals surface area contributed by atoms with Crippen molar-refractivity contribution in [2.24, 2.45) is 4.99 Å². The van der Waals surface area contributed by atoms with Crippen molar-refractivity contribution >= 4 is 11.7 Å². The van der Waals surface area contributed by atoms with Crippen LogP contribution in [-0.4, -0.2) is 23.8 Å². The van der Waals surface area contributed by atoms with E-state index in [2.05, 4.69) is 11.9 Å². The maximum absolute atomic E-state index is 11.0.